The van der Waals surface area contributed by atoms with Gasteiger partial charge in [0.2, 0.25) is 5.88 Å². The molecule has 0 spiro atoms. The standard InChI is InChI=1S/C14H21N3O4S/c1-10(2)21-13-11(4-3-6-15-13)8-16-14(18)17-12-5-7-22(19,20)9-12/h3-4,6,10,12H,5,7-9H2,1-2H3,(H2,16,17,18). The van der Waals surface area contributed by atoms with Gasteiger partial charge in [-0.25, -0.2) is 18.2 Å². The Bertz CT molecular complexity index is 631. The van der Waals surface area contributed by atoms with Crippen LogP contribution in [0.4, 0.5) is 4.79 Å². The van der Waals surface area contributed by atoms with Crippen LogP contribution in [0.5, 0.6) is 5.88 Å². The summed E-state index contributed by atoms with van der Waals surface area (Å²) < 4.78 is 28.3. The highest BCUT2D eigenvalue weighted by atomic mass is 32.2. The lowest BCUT2D eigenvalue weighted by atomic mass is 10.2. The number of hydrogen-bond acceptors (Lipinski definition) is 5. The molecular formula is C14H21N3O4S. The summed E-state index contributed by atoms with van der Waals surface area (Å²) in [5.41, 5.74) is 0.769. The summed E-state index contributed by atoms with van der Waals surface area (Å²) in [7, 11) is -3.00. The summed E-state index contributed by atoms with van der Waals surface area (Å²) in [6, 6.07) is 2.89. The minimum Gasteiger partial charge on any atom is -0.475 e. The first-order chi connectivity index (χ1) is 10.4. The van der Waals surface area contributed by atoms with Crippen LogP contribution in [0, 0.1) is 0 Å². The molecule has 1 aliphatic heterocycles. The van der Waals surface area contributed by atoms with E-state index in [-0.39, 0.29) is 36.2 Å². The van der Waals surface area contributed by atoms with Gasteiger partial charge in [0.15, 0.2) is 9.84 Å². The number of hydrogen-bond donors (Lipinski definition) is 2. The van der Waals surface area contributed by atoms with Crippen molar-refractivity contribution < 1.29 is 17.9 Å². The number of sulfone groups is 1. The SMILES string of the molecule is CC(C)Oc1ncccc1CNC(=O)NC1CCS(=O)(=O)C1. The Labute approximate surface area is 130 Å². The van der Waals surface area contributed by atoms with Crippen molar-refractivity contribution in [3.8, 4) is 5.88 Å². The molecule has 1 aromatic heterocycles. The number of nitrogens with zero attached hydrogens (tertiary/aromatic N) is 1. The van der Waals surface area contributed by atoms with Crippen LogP contribution in [0.1, 0.15) is 25.8 Å². The van der Waals surface area contributed by atoms with E-state index in [1.165, 1.54) is 0 Å². The third kappa shape index (κ3) is 4.87. The summed E-state index contributed by atoms with van der Waals surface area (Å²) in [6.45, 7) is 4.07. The van der Waals surface area contributed by atoms with Gasteiger partial charge in [-0.2, -0.15) is 0 Å². The second-order valence-corrected chi connectivity index (χ2v) is 7.79. The molecule has 0 aliphatic carbocycles. The molecule has 22 heavy (non-hydrogen) atoms. The van der Waals surface area contributed by atoms with E-state index in [1.54, 1.807) is 12.3 Å². The average Bonchev–Trinajstić information content (AvgIpc) is 2.76. The first kappa shape index (κ1) is 16.5. The van der Waals surface area contributed by atoms with Gasteiger partial charge in [-0.1, -0.05) is 6.07 Å². The Hall–Kier alpha value is -1.83. The summed E-state index contributed by atoms with van der Waals surface area (Å²) in [5, 5.41) is 5.38. The molecule has 0 aromatic carbocycles. The van der Waals surface area contributed by atoms with Crippen molar-refractivity contribution in [1.82, 2.24) is 15.6 Å². The van der Waals surface area contributed by atoms with E-state index in [2.05, 4.69) is 15.6 Å². The van der Waals surface area contributed by atoms with Crippen LogP contribution in [-0.2, 0) is 16.4 Å². The van der Waals surface area contributed by atoms with E-state index in [0.29, 0.717) is 12.3 Å². The van der Waals surface area contributed by atoms with Crippen molar-refractivity contribution in [3.63, 3.8) is 0 Å². The molecule has 2 heterocycles. The predicted octanol–water partition coefficient (Wildman–Crippen LogP) is 0.855. The number of ether oxygens (including phenoxy) is 1. The lowest BCUT2D eigenvalue weighted by molar-refractivity contribution is 0.228. The van der Waals surface area contributed by atoms with Crippen molar-refractivity contribution in [2.24, 2.45) is 0 Å². The van der Waals surface area contributed by atoms with Crippen LogP contribution >= 0.6 is 0 Å². The lowest BCUT2D eigenvalue weighted by Crippen LogP contribution is -2.42. The molecule has 1 aromatic rings. The zero-order chi connectivity index (χ0) is 16.2. The summed E-state index contributed by atoms with van der Waals surface area (Å²) in [5.74, 6) is 0.628. The molecule has 0 saturated carbocycles. The fourth-order valence-corrected chi connectivity index (χ4v) is 3.88. The number of rotatable bonds is 5. The van der Waals surface area contributed by atoms with Gasteiger partial charge in [0.1, 0.15) is 0 Å². The van der Waals surface area contributed by atoms with Gasteiger partial charge in [-0.05, 0) is 26.3 Å². The van der Waals surface area contributed by atoms with Crippen LogP contribution in [-0.4, -0.2) is 43.1 Å². The Kier molecular flexibility index (Phi) is 5.23. The van der Waals surface area contributed by atoms with Crippen molar-refractivity contribution in [2.45, 2.75) is 39.0 Å². The molecule has 1 aliphatic rings. The summed E-state index contributed by atoms with van der Waals surface area (Å²) >= 11 is 0. The maximum Gasteiger partial charge on any atom is 0.315 e. The summed E-state index contributed by atoms with van der Waals surface area (Å²) in [6.07, 6.45) is 2.08. The van der Waals surface area contributed by atoms with Gasteiger partial charge < -0.3 is 15.4 Å². The van der Waals surface area contributed by atoms with Gasteiger partial charge in [-0.3, -0.25) is 0 Å². The van der Waals surface area contributed by atoms with Gasteiger partial charge in [-0.15, -0.1) is 0 Å². The first-order valence-electron chi connectivity index (χ1n) is 7.21. The van der Waals surface area contributed by atoms with Gasteiger partial charge in [0.25, 0.3) is 0 Å². The van der Waals surface area contributed by atoms with Crippen LogP contribution in [0.3, 0.4) is 0 Å². The van der Waals surface area contributed by atoms with Crippen molar-refractivity contribution in [2.75, 3.05) is 11.5 Å². The van der Waals surface area contributed by atoms with Crippen LogP contribution in [0.2, 0.25) is 0 Å². The van der Waals surface area contributed by atoms with Gasteiger partial charge in [0, 0.05) is 24.3 Å². The highest BCUT2D eigenvalue weighted by Crippen LogP contribution is 2.15. The molecule has 2 amide bonds. The summed E-state index contributed by atoms with van der Waals surface area (Å²) in [4.78, 5) is 16.0. The quantitative estimate of drug-likeness (QED) is 0.836. The number of carbonyl (C=O) groups is 1. The normalized spacial score (nSPS) is 19.9. The Morgan fingerprint density at radius 3 is 2.91 bits per heavy atom. The molecule has 1 atom stereocenters. The van der Waals surface area contributed by atoms with E-state index < -0.39 is 9.84 Å². The van der Waals surface area contributed by atoms with E-state index >= 15 is 0 Å². The molecule has 2 rings (SSSR count). The lowest BCUT2D eigenvalue weighted by Gasteiger charge is -2.15. The Morgan fingerprint density at radius 2 is 2.27 bits per heavy atom. The van der Waals surface area contributed by atoms with Crippen molar-refractivity contribution >= 4 is 15.9 Å². The zero-order valence-electron chi connectivity index (χ0n) is 12.7. The molecule has 122 valence electrons. The number of aromatic nitrogens is 1. The zero-order valence-corrected chi connectivity index (χ0v) is 13.5. The molecule has 0 bridgehead atoms. The average molecular weight is 327 g/mol. The van der Waals surface area contributed by atoms with Crippen molar-refractivity contribution in [3.05, 3.63) is 23.9 Å². The second kappa shape index (κ2) is 6.95. The highest BCUT2D eigenvalue weighted by Gasteiger charge is 2.28. The van der Waals surface area contributed by atoms with Crippen LogP contribution in [0.25, 0.3) is 0 Å². The maximum absolute atomic E-state index is 11.8. The van der Waals surface area contributed by atoms with Crippen LogP contribution < -0.4 is 15.4 Å². The third-order valence-corrected chi connectivity index (χ3v) is 4.97. The predicted molar refractivity (Wildman–Crippen MR) is 82.4 cm³/mol. The topological polar surface area (TPSA) is 97.4 Å². The minimum absolute atomic E-state index is 0.00817. The molecule has 1 unspecified atom stereocenters. The maximum atomic E-state index is 11.8. The second-order valence-electron chi connectivity index (χ2n) is 5.56. The monoisotopic (exact) mass is 327 g/mol. The molecule has 2 N–H and O–H groups in total. The fraction of sp³-hybridized carbons (Fsp3) is 0.571. The smallest absolute Gasteiger partial charge is 0.315 e. The van der Waals surface area contributed by atoms with E-state index in [9.17, 15) is 13.2 Å². The highest BCUT2D eigenvalue weighted by molar-refractivity contribution is 7.91. The van der Waals surface area contributed by atoms with Crippen LogP contribution in [0.15, 0.2) is 18.3 Å². The molecule has 1 saturated heterocycles. The van der Waals surface area contributed by atoms with Crippen molar-refractivity contribution in [1.29, 1.82) is 0 Å². The molecular weight excluding hydrogens is 306 g/mol. The Morgan fingerprint density at radius 1 is 1.50 bits per heavy atom. The van der Waals surface area contributed by atoms with E-state index in [1.807, 2.05) is 19.9 Å². The third-order valence-electron chi connectivity index (χ3n) is 3.20. The fourth-order valence-electron chi connectivity index (χ4n) is 2.21. The van der Waals surface area contributed by atoms with Gasteiger partial charge in [0.05, 0.1) is 17.6 Å². The molecule has 1 fully saturated rings. The Balaban J connectivity index is 1.86. The number of urea groups is 1. The van der Waals surface area contributed by atoms with Gasteiger partial charge >= 0.3 is 6.03 Å². The number of nitrogens with one attached hydrogen (secondary N) is 2. The number of carbonyl (C=O) groups excluding carboxylic acids is 1. The number of pyridine rings is 1. The molecule has 8 heteroatoms. The molecule has 7 nitrogen and oxygen atoms in total. The minimum atomic E-state index is -3.00. The molecule has 0 radical (unpaired) electrons. The number of amides is 2. The van der Waals surface area contributed by atoms with E-state index in [0.717, 1.165) is 5.56 Å². The van der Waals surface area contributed by atoms with E-state index in [4.69, 9.17) is 4.74 Å². The largest absolute Gasteiger partial charge is 0.475 e. The first-order valence-corrected chi connectivity index (χ1v) is 9.03.